The first-order valence-electron chi connectivity index (χ1n) is 6.79. The minimum absolute atomic E-state index is 0.00342. The molecule has 0 radical (unpaired) electrons. The van der Waals surface area contributed by atoms with Crippen LogP contribution in [0.2, 0.25) is 0 Å². The first kappa shape index (κ1) is 14.6. The predicted octanol–water partition coefficient (Wildman–Crippen LogP) is 2.00. The fourth-order valence-electron chi connectivity index (χ4n) is 2.09. The maximum Gasteiger partial charge on any atom is 0.332 e. The van der Waals surface area contributed by atoms with Gasteiger partial charge in [0.2, 0.25) is 5.82 Å². The van der Waals surface area contributed by atoms with Crippen molar-refractivity contribution in [3.8, 4) is 34.3 Å². The van der Waals surface area contributed by atoms with Gasteiger partial charge in [-0.3, -0.25) is 0 Å². The molecule has 23 heavy (non-hydrogen) atoms. The van der Waals surface area contributed by atoms with Crippen molar-refractivity contribution < 1.29 is 19.8 Å². The lowest BCUT2D eigenvalue weighted by molar-refractivity contribution is -0.142. The lowest BCUT2D eigenvalue weighted by Crippen LogP contribution is -2.19. The Balaban J connectivity index is 2.17. The molecular formula is C16H13N3O4. The molecule has 7 heteroatoms. The Labute approximate surface area is 131 Å². The van der Waals surface area contributed by atoms with Crippen LogP contribution in [0.1, 0.15) is 6.92 Å². The van der Waals surface area contributed by atoms with Crippen LogP contribution in [0.3, 0.4) is 0 Å². The van der Waals surface area contributed by atoms with E-state index in [1.807, 2.05) is 0 Å². The zero-order chi connectivity index (χ0) is 16.4. The van der Waals surface area contributed by atoms with E-state index < -0.39 is 5.97 Å². The minimum atomic E-state index is -0.588. The summed E-state index contributed by atoms with van der Waals surface area (Å²) in [5, 5.41) is 24.0. The van der Waals surface area contributed by atoms with E-state index in [0.717, 1.165) is 4.85 Å². The SMILES string of the molecule is CC(=O)On1nc(-c2ccccc2O)nc1-c1ccccc1O. The third-order valence-electron chi connectivity index (χ3n) is 3.08. The zero-order valence-electron chi connectivity index (χ0n) is 12.2. The summed E-state index contributed by atoms with van der Waals surface area (Å²) in [6.45, 7) is 1.23. The van der Waals surface area contributed by atoms with E-state index in [4.69, 9.17) is 4.84 Å². The molecule has 3 rings (SSSR count). The number of para-hydroxylation sites is 2. The number of benzene rings is 2. The lowest BCUT2D eigenvalue weighted by Gasteiger charge is -2.05. The second-order valence-electron chi connectivity index (χ2n) is 4.75. The Morgan fingerprint density at radius 3 is 2.13 bits per heavy atom. The van der Waals surface area contributed by atoms with Gasteiger partial charge in [0.25, 0.3) is 0 Å². The molecule has 1 aromatic heterocycles. The van der Waals surface area contributed by atoms with Gasteiger partial charge in [0.05, 0.1) is 11.1 Å². The van der Waals surface area contributed by atoms with Crippen molar-refractivity contribution in [1.82, 2.24) is 14.9 Å². The molecule has 0 saturated carbocycles. The third-order valence-corrected chi connectivity index (χ3v) is 3.08. The molecule has 0 amide bonds. The van der Waals surface area contributed by atoms with Gasteiger partial charge in [-0.25, -0.2) is 9.78 Å². The standard InChI is InChI=1S/C16H13N3O4/c1-10(20)23-19-16(12-7-3-5-9-14(12)22)17-15(18-19)11-6-2-4-8-13(11)21/h2-9,21-22H,1H3. The van der Waals surface area contributed by atoms with E-state index in [1.165, 1.54) is 19.1 Å². The van der Waals surface area contributed by atoms with E-state index in [2.05, 4.69) is 10.1 Å². The van der Waals surface area contributed by atoms with Gasteiger partial charge in [-0.05, 0) is 24.3 Å². The quantitative estimate of drug-likeness (QED) is 0.768. The fraction of sp³-hybridized carbons (Fsp3) is 0.0625. The first-order valence-corrected chi connectivity index (χ1v) is 6.79. The fourth-order valence-corrected chi connectivity index (χ4v) is 2.09. The number of phenolic OH excluding ortho intramolecular Hbond substituents is 2. The normalized spacial score (nSPS) is 10.5. The highest BCUT2D eigenvalue weighted by Crippen LogP contribution is 2.31. The van der Waals surface area contributed by atoms with Crippen LogP contribution in [-0.2, 0) is 4.79 Å². The summed E-state index contributed by atoms with van der Waals surface area (Å²) in [5.74, 6) is -0.303. The number of hydrogen-bond donors (Lipinski definition) is 2. The van der Waals surface area contributed by atoms with Crippen molar-refractivity contribution in [2.24, 2.45) is 0 Å². The highest BCUT2D eigenvalue weighted by atomic mass is 16.7. The van der Waals surface area contributed by atoms with Crippen molar-refractivity contribution in [3.05, 3.63) is 48.5 Å². The largest absolute Gasteiger partial charge is 0.507 e. The molecule has 0 aliphatic carbocycles. The summed E-state index contributed by atoms with van der Waals surface area (Å²) >= 11 is 0. The number of hydrogen-bond acceptors (Lipinski definition) is 6. The monoisotopic (exact) mass is 311 g/mol. The van der Waals surface area contributed by atoms with Gasteiger partial charge in [-0.2, -0.15) is 0 Å². The van der Waals surface area contributed by atoms with Crippen LogP contribution in [-0.4, -0.2) is 31.1 Å². The van der Waals surface area contributed by atoms with Crippen LogP contribution in [0.4, 0.5) is 0 Å². The molecule has 1 heterocycles. The average molecular weight is 311 g/mol. The van der Waals surface area contributed by atoms with Gasteiger partial charge in [0.15, 0.2) is 5.82 Å². The molecule has 0 unspecified atom stereocenters. The van der Waals surface area contributed by atoms with E-state index >= 15 is 0 Å². The highest BCUT2D eigenvalue weighted by molar-refractivity contribution is 5.70. The molecular weight excluding hydrogens is 298 g/mol. The number of phenols is 2. The second-order valence-corrected chi connectivity index (χ2v) is 4.75. The summed E-state index contributed by atoms with van der Waals surface area (Å²) in [4.78, 5) is 21.5. The molecule has 0 aliphatic heterocycles. The van der Waals surface area contributed by atoms with Gasteiger partial charge in [0, 0.05) is 6.92 Å². The van der Waals surface area contributed by atoms with E-state index in [1.54, 1.807) is 36.4 Å². The van der Waals surface area contributed by atoms with E-state index in [9.17, 15) is 15.0 Å². The summed E-state index contributed by atoms with van der Waals surface area (Å²) in [7, 11) is 0. The summed E-state index contributed by atoms with van der Waals surface area (Å²) < 4.78 is 0. The van der Waals surface area contributed by atoms with Gasteiger partial charge in [-0.15, -0.1) is 5.10 Å². The maximum atomic E-state index is 11.3. The molecule has 0 fully saturated rings. The molecule has 2 aromatic carbocycles. The molecule has 0 spiro atoms. The zero-order valence-corrected chi connectivity index (χ0v) is 12.2. The Morgan fingerprint density at radius 2 is 1.57 bits per heavy atom. The average Bonchev–Trinajstić information content (AvgIpc) is 2.91. The highest BCUT2D eigenvalue weighted by Gasteiger charge is 2.19. The molecule has 0 bridgehead atoms. The molecule has 3 aromatic rings. The summed E-state index contributed by atoms with van der Waals surface area (Å²) in [6.07, 6.45) is 0. The van der Waals surface area contributed by atoms with E-state index in [0.29, 0.717) is 11.1 Å². The van der Waals surface area contributed by atoms with Gasteiger partial charge < -0.3 is 15.1 Å². The molecule has 7 nitrogen and oxygen atoms in total. The molecule has 0 atom stereocenters. The summed E-state index contributed by atoms with van der Waals surface area (Å²) in [5.41, 5.74) is 0.734. The van der Waals surface area contributed by atoms with E-state index in [-0.39, 0.29) is 23.1 Å². The van der Waals surface area contributed by atoms with Crippen LogP contribution in [0.15, 0.2) is 48.5 Å². The van der Waals surface area contributed by atoms with Crippen molar-refractivity contribution >= 4 is 5.97 Å². The molecule has 2 N–H and O–H groups in total. The number of aromatic nitrogens is 3. The van der Waals surface area contributed by atoms with Crippen LogP contribution < -0.4 is 4.84 Å². The topological polar surface area (TPSA) is 97.5 Å². The van der Waals surface area contributed by atoms with Crippen LogP contribution in [0.25, 0.3) is 22.8 Å². The number of carbonyl (C=O) groups excluding carboxylic acids is 1. The summed E-state index contributed by atoms with van der Waals surface area (Å²) in [6, 6.07) is 13.0. The Kier molecular flexibility index (Phi) is 3.68. The lowest BCUT2D eigenvalue weighted by atomic mass is 10.2. The van der Waals surface area contributed by atoms with Crippen LogP contribution in [0.5, 0.6) is 11.5 Å². The van der Waals surface area contributed by atoms with Crippen molar-refractivity contribution in [1.29, 1.82) is 0 Å². The number of rotatable bonds is 3. The van der Waals surface area contributed by atoms with Crippen molar-refractivity contribution in [2.75, 3.05) is 0 Å². The first-order chi connectivity index (χ1) is 11.1. The minimum Gasteiger partial charge on any atom is -0.507 e. The maximum absolute atomic E-state index is 11.3. The number of nitrogens with zero attached hydrogens (tertiary/aromatic N) is 3. The Morgan fingerprint density at radius 1 is 1.00 bits per heavy atom. The third kappa shape index (κ3) is 2.84. The van der Waals surface area contributed by atoms with Crippen molar-refractivity contribution in [2.45, 2.75) is 6.92 Å². The smallest absolute Gasteiger partial charge is 0.332 e. The Bertz CT molecular complexity index is 873. The van der Waals surface area contributed by atoms with Crippen LogP contribution in [0, 0.1) is 0 Å². The van der Waals surface area contributed by atoms with Gasteiger partial charge >= 0.3 is 5.97 Å². The second kappa shape index (κ2) is 5.80. The van der Waals surface area contributed by atoms with Gasteiger partial charge in [0.1, 0.15) is 11.5 Å². The molecule has 116 valence electrons. The predicted molar refractivity (Wildman–Crippen MR) is 81.5 cm³/mol. The molecule has 0 aliphatic rings. The Hall–Kier alpha value is -3.35. The molecule has 0 saturated heterocycles. The van der Waals surface area contributed by atoms with Gasteiger partial charge in [-0.1, -0.05) is 29.1 Å². The van der Waals surface area contributed by atoms with Crippen LogP contribution >= 0.6 is 0 Å². The number of carbonyl (C=O) groups is 1. The number of aromatic hydroxyl groups is 2. The van der Waals surface area contributed by atoms with Crippen molar-refractivity contribution in [3.63, 3.8) is 0 Å².